The molecule has 0 aromatic carbocycles. The van der Waals surface area contributed by atoms with Crippen LogP contribution in [0.4, 0.5) is 8.78 Å². The Labute approximate surface area is 80.6 Å². The summed E-state index contributed by atoms with van der Waals surface area (Å²) in [5.74, 6) is -6.10. The number of rotatable bonds is 5. The van der Waals surface area contributed by atoms with E-state index in [1.54, 1.807) is 0 Å². The van der Waals surface area contributed by atoms with Crippen LogP contribution in [0.2, 0.25) is 0 Å². The zero-order valence-electron chi connectivity index (χ0n) is 7.41. The number of carboxylic acids is 1. The quantitative estimate of drug-likeness (QED) is 0.692. The van der Waals surface area contributed by atoms with E-state index in [0.29, 0.717) is 0 Å². The van der Waals surface area contributed by atoms with Crippen LogP contribution in [0.25, 0.3) is 0 Å². The average Bonchev–Trinajstić information content (AvgIpc) is 2.11. The molecule has 0 heterocycles. The number of alkyl halides is 2. The summed E-state index contributed by atoms with van der Waals surface area (Å²) < 4.78 is 25.8. The molecule has 0 aliphatic heterocycles. The van der Waals surface area contributed by atoms with E-state index in [4.69, 9.17) is 5.11 Å². The predicted octanol–water partition coefficient (Wildman–Crippen LogP) is 2.56. The molecular formula is C10H10F2O2. The lowest BCUT2D eigenvalue weighted by Gasteiger charge is -2.11. The van der Waals surface area contributed by atoms with E-state index in [0.717, 1.165) is 18.2 Å². The Morgan fingerprint density at radius 2 is 1.86 bits per heavy atom. The minimum Gasteiger partial charge on any atom is -0.477 e. The van der Waals surface area contributed by atoms with Gasteiger partial charge < -0.3 is 5.11 Å². The summed E-state index contributed by atoms with van der Waals surface area (Å²) in [5.41, 5.74) is -0.639. The highest BCUT2D eigenvalue weighted by Gasteiger charge is 2.41. The van der Waals surface area contributed by atoms with Gasteiger partial charge in [0.1, 0.15) is 0 Å². The summed E-state index contributed by atoms with van der Waals surface area (Å²) in [6.07, 6.45) is 5.51. The maximum atomic E-state index is 12.9. The Hall–Kier alpha value is -1.71. The SMILES string of the molecule is C=C/C=C\C(=C/C=C)C(F)(F)C(=O)O. The van der Waals surface area contributed by atoms with Crippen LogP contribution in [0.3, 0.4) is 0 Å². The highest BCUT2D eigenvalue weighted by atomic mass is 19.3. The summed E-state index contributed by atoms with van der Waals surface area (Å²) >= 11 is 0. The molecule has 0 aromatic rings. The van der Waals surface area contributed by atoms with Crippen molar-refractivity contribution in [2.24, 2.45) is 0 Å². The predicted molar refractivity (Wildman–Crippen MR) is 50.2 cm³/mol. The van der Waals surface area contributed by atoms with Crippen LogP contribution in [0.15, 0.2) is 49.1 Å². The molecule has 0 bridgehead atoms. The molecule has 0 amide bonds. The Morgan fingerprint density at radius 1 is 1.29 bits per heavy atom. The van der Waals surface area contributed by atoms with Crippen LogP contribution < -0.4 is 0 Å². The largest absolute Gasteiger partial charge is 0.477 e. The highest BCUT2D eigenvalue weighted by molar-refractivity contribution is 5.80. The van der Waals surface area contributed by atoms with Crippen LogP contribution in [-0.4, -0.2) is 17.0 Å². The Kier molecular flexibility index (Phi) is 4.49. The first-order chi connectivity index (χ1) is 6.46. The van der Waals surface area contributed by atoms with Gasteiger partial charge in [-0.2, -0.15) is 8.78 Å². The number of hydrogen-bond donors (Lipinski definition) is 1. The van der Waals surface area contributed by atoms with Crippen molar-refractivity contribution < 1.29 is 18.7 Å². The van der Waals surface area contributed by atoms with Crippen molar-refractivity contribution in [3.63, 3.8) is 0 Å². The first-order valence-corrected chi connectivity index (χ1v) is 3.70. The molecule has 4 heteroatoms. The molecule has 0 atom stereocenters. The van der Waals surface area contributed by atoms with Gasteiger partial charge >= 0.3 is 11.9 Å². The molecule has 2 nitrogen and oxygen atoms in total. The van der Waals surface area contributed by atoms with Crippen molar-refractivity contribution in [1.29, 1.82) is 0 Å². The van der Waals surface area contributed by atoms with Gasteiger partial charge in [-0.25, -0.2) is 4.79 Å². The maximum absolute atomic E-state index is 12.9. The van der Waals surface area contributed by atoms with Crippen molar-refractivity contribution in [3.05, 3.63) is 49.1 Å². The van der Waals surface area contributed by atoms with E-state index >= 15 is 0 Å². The minimum absolute atomic E-state index is 0.639. The van der Waals surface area contributed by atoms with Crippen molar-refractivity contribution in [3.8, 4) is 0 Å². The number of aliphatic carboxylic acids is 1. The summed E-state index contributed by atoms with van der Waals surface area (Å²) in [6.45, 7) is 6.51. The van der Waals surface area contributed by atoms with Gasteiger partial charge in [-0.15, -0.1) is 0 Å². The van der Waals surface area contributed by atoms with Gasteiger partial charge in [0.05, 0.1) is 0 Å². The monoisotopic (exact) mass is 200 g/mol. The van der Waals surface area contributed by atoms with Crippen molar-refractivity contribution in [1.82, 2.24) is 0 Å². The van der Waals surface area contributed by atoms with Gasteiger partial charge in [0.15, 0.2) is 0 Å². The highest BCUT2D eigenvalue weighted by Crippen LogP contribution is 2.25. The van der Waals surface area contributed by atoms with Crippen LogP contribution >= 0.6 is 0 Å². The van der Waals surface area contributed by atoms with Crippen LogP contribution in [-0.2, 0) is 4.79 Å². The number of carbonyl (C=O) groups is 1. The smallest absolute Gasteiger partial charge is 0.379 e. The maximum Gasteiger partial charge on any atom is 0.379 e. The first-order valence-electron chi connectivity index (χ1n) is 3.70. The van der Waals surface area contributed by atoms with Gasteiger partial charge in [0, 0.05) is 5.57 Å². The Bertz CT molecular complexity index is 301. The number of hydrogen-bond acceptors (Lipinski definition) is 1. The molecule has 76 valence electrons. The molecule has 14 heavy (non-hydrogen) atoms. The molecule has 1 N–H and O–H groups in total. The zero-order valence-corrected chi connectivity index (χ0v) is 7.41. The van der Waals surface area contributed by atoms with Crippen LogP contribution in [0.1, 0.15) is 0 Å². The fraction of sp³-hybridized carbons (Fsp3) is 0.100. The summed E-state index contributed by atoms with van der Waals surface area (Å²) in [5, 5.41) is 8.25. The van der Waals surface area contributed by atoms with E-state index in [1.165, 1.54) is 12.2 Å². The summed E-state index contributed by atoms with van der Waals surface area (Å²) in [7, 11) is 0. The summed E-state index contributed by atoms with van der Waals surface area (Å²) in [6, 6.07) is 0. The molecule has 0 radical (unpaired) electrons. The molecule has 0 saturated heterocycles. The second-order valence-electron chi connectivity index (χ2n) is 2.33. The van der Waals surface area contributed by atoms with Gasteiger partial charge in [-0.1, -0.05) is 43.5 Å². The molecule has 0 saturated carbocycles. The van der Waals surface area contributed by atoms with E-state index in [1.807, 2.05) is 0 Å². The summed E-state index contributed by atoms with van der Waals surface area (Å²) in [4.78, 5) is 10.2. The van der Waals surface area contributed by atoms with Crippen LogP contribution in [0, 0.1) is 0 Å². The molecule has 0 aromatic heterocycles. The van der Waals surface area contributed by atoms with E-state index < -0.39 is 17.5 Å². The van der Waals surface area contributed by atoms with E-state index in [9.17, 15) is 13.6 Å². The van der Waals surface area contributed by atoms with Gasteiger partial charge in [0.25, 0.3) is 0 Å². The fourth-order valence-electron chi connectivity index (χ4n) is 0.687. The average molecular weight is 200 g/mol. The van der Waals surface area contributed by atoms with Gasteiger partial charge in [-0.05, 0) is 0 Å². The van der Waals surface area contributed by atoms with E-state index in [2.05, 4.69) is 13.2 Å². The van der Waals surface area contributed by atoms with Crippen molar-refractivity contribution in [2.75, 3.05) is 0 Å². The molecule has 0 rings (SSSR count). The van der Waals surface area contributed by atoms with Gasteiger partial charge in [-0.3, -0.25) is 0 Å². The lowest BCUT2D eigenvalue weighted by molar-refractivity contribution is -0.158. The minimum atomic E-state index is -3.91. The van der Waals surface area contributed by atoms with Crippen LogP contribution in [0.5, 0.6) is 0 Å². The molecule has 0 fully saturated rings. The number of carboxylic acid groups (broad SMARTS) is 1. The Balaban J connectivity index is 5.11. The third kappa shape index (κ3) is 2.97. The fourth-order valence-corrected chi connectivity index (χ4v) is 0.687. The molecule has 0 aliphatic rings. The number of allylic oxidation sites excluding steroid dienone is 5. The Morgan fingerprint density at radius 3 is 2.21 bits per heavy atom. The third-order valence-electron chi connectivity index (χ3n) is 1.34. The van der Waals surface area contributed by atoms with Crippen molar-refractivity contribution >= 4 is 5.97 Å². The first kappa shape index (κ1) is 12.3. The molecular weight excluding hydrogens is 190 g/mol. The second-order valence-corrected chi connectivity index (χ2v) is 2.33. The van der Waals surface area contributed by atoms with Gasteiger partial charge in [0.2, 0.25) is 0 Å². The van der Waals surface area contributed by atoms with Crippen molar-refractivity contribution in [2.45, 2.75) is 5.92 Å². The topological polar surface area (TPSA) is 37.3 Å². The normalized spacial score (nSPS) is 12.9. The lowest BCUT2D eigenvalue weighted by atomic mass is 10.1. The third-order valence-corrected chi connectivity index (χ3v) is 1.34. The molecule has 0 spiro atoms. The second kappa shape index (κ2) is 5.11. The number of halogens is 2. The van der Waals surface area contributed by atoms with E-state index in [-0.39, 0.29) is 0 Å². The zero-order chi connectivity index (χ0) is 11.2. The molecule has 0 aliphatic carbocycles. The standard InChI is InChI=1S/C10H10F2O2/c1-3-5-7-8(6-4-2)10(11,12)9(13)14/h3-7H,1-2H2,(H,13,14)/b7-5-,8-6+. The lowest BCUT2D eigenvalue weighted by Crippen LogP contribution is -2.29. The molecule has 0 unspecified atom stereocenters.